The molecule has 150 valence electrons. The van der Waals surface area contributed by atoms with Gasteiger partial charge < -0.3 is 9.29 Å². The lowest BCUT2D eigenvalue weighted by atomic mass is 10.1. The quantitative estimate of drug-likeness (QED) is 0.196. The molecule has 0 bridgehead atoms. The normalized spacial score (nSPS) is 20.6. The van der Waals surface area contributed by atoms with E-state index >= 15 is 0 Å². The van der Waals surface area contributed by atoms with Crippen LogP contribution < -0.4 is 0 Å². The summed E-state index contributed by atoms with van der Waals surface area (Å²) in [6.45, 7) is 5.70. The average molecular weight is 442 g/mol. The molecule has 1 atom stereocenters. The molecule has 1 N–H and O–H groups in total. The third-order valence-electron chi connectivity index (χ3n) is 3.71. The molecule has 9 heteroatoms. The molecule has 28 heavy (non-hydrogen) atoms. The summed E-state index contributed by atoms with van der Waals surface area (Å²) < 4.78 is 39.1. The zero-order chi connectivity index (χ0) is 20.7. The summed E-state index contributed by atoms with van der Waals surface area (Å²) in [7, 11) is 0. The van der Waals surface area contributed by atoms with Crippen LogP contribution in [-0.2, 0) is 20.6 Å². The molecular weight excluding hydrogens is 421 g/mol. The van der Waals surface area contributed by atoms with Gasteiger partial charge in [-0.15, -0.1) is 0 Å². The summed E-state index contributed by atoms with van der Waals surface area (Å²) >= 11 is 4.00. The number of carbonyl (C=O) groups excluding carboxylic acids is 1. The molecule has 0 aromatic carbocycles. The van der Waals surface area contributed by atoms with Gasteiger partial charge in [-0.3, -0.25) is 9.69 Å². The van der Waals surface area contributed by atoms with E-state index in [9.17, 15) is 13.4 Å². The number of amides is 1. The molecule has 0 radical (unpaired) electrons. The Bertz CT molecular complexity index is 855. The highest BCUT2D eigenvalue weighted by Gasteiger charge is 2.32. The molecule has 0 aromatic rings. The van der Waals surface area contributed by atoms with E-state index in [0.29, 0.717) is 22.7 Å². The summed E-state index contributed by atoms with van der Waals surface area (Å²) in [5, 5.41) is 0. The van der Waals surface area contributed by atoms with E-state index in [4.69, 9.17) is 21.5 Å². The lowest BCUT2D eigenvalue weighted by molar-refractivity contribution is -0.121. The highest BCUT2D eigenvalue weighted by atomic mass is 32.2. The molecule has 1 fully saturated rings. The number of nitrogens with zero attached hydrogens (tertiary/aromatic N) is 1. The van der Waals surface area contributed by atoms with Gasteiger partial charge in [0.1, 0.15) is 28.4 Å². The minimum absolute atomic E-state index is 0.128. The smallest absolute Gasteiger partial charge is 0.267 e. The summed E-state index contributed by atoms with van der Waals surface area (Å²) in [5.74, 6) is -0.590. The third kappa shape index (κ3) is 6.66. The van der Waals surface area contributed by atoms with Crippen molar-refractivity contribution in [2.45, 2.75) is 19.8 Å². The molecule has 0 aromatic heterocycles. The van der Waals surface area contributed by atoms with Gasteiger partial charge in [-0.2, -0.15) is 0 Å². The van der Waals surface area contributed by atoms with Crippen LogP contribution in [0.2, 0.25) is 0 Å². The molecule has 1 saturated heterocycles. The number of thioether (sulfide) groups is 1. The minimum atomic E-state index is -2.14. The first-order valence-corrected chi connectivity index (χ1v) is 10.8. The zero-order valence-corrected chi connectivity index (χ0v) is 17.7. The van der Waals surface area contributed by atoms with E-state index in [1.807, 2.05) is 6.08 Å². The average Bonchev–Trinajstić information content (AvgIpc) is 2.88. The van der Waals surface area contributed by atoms with Gasteiger partial charge in [0.15, 0.2) is 11.1 Å². The van der Waals surface area contributed by atoms with Crippen LogP contribution in [0.25, 0.3) is 0 Å². The highest BCUT2D eigenvalue weighted by molar-refractivity contribution is 8.26. The first-order valence-electron chi connectivity index (χ1n) is 8.32. The molecule has 1 amide bonds. The molecule has 0 spiro atoms. The van der Waals surface area contributed by atoms with Crippen molar-refractivity contribution < 1.29 is 22.7 Å². The van der Waals surface area contributed by atoms with Gasteiger partial charge >= 0.3 is 0 Å². The van der Waals surface area contributed by atoms with Crippen LogP contribution in [-0.4, -0.2) is 36.4 Å². The maximum atomic E-state index is 13.6. The van der Waals surface area contributed by atoms with Crippen LogP contribution in [0.5, 0.6) is 0 Å². The Hall–Kier alpha value is -1.81. The number of allylic oxidation sites excluding steroid dienone is 7. The topological polar surface area (TPSA) is 66.8 Å². The number of carbonyl (C=O) groups is 1. The van der Waals surface area contributed by atoms with E-state index in [1.54, 1.807) is 37.3 Å². The van der Waals surface area contributed by atoms with E-state index in [-0.39, 0.29) is 22.6 Å². The lowest BCUT2D eigenvalue weighted by Crippen LogP contribution is -2.31. The molecule has 2 aliphatic rings. The van der Waals surface area contributed by atoms with Crippen LogP contribution in [0.3, 0.4) is 0 Å². The Morgan fingerprint density at radius 2 is 2.21 bits per heavy atom. The lowest BCUT2D eigenvalue weighted by Gasteiger charge is -2.11. The van der Waals surface area contributed by atoms with Crippen LogP contribution in [0.15, 0.2) is 70.7 Å². The molecule has 1 unspecified atom stereocenters. The third-order valence-corrected chi connectivity index (χ3v) is 5.57. The monoisotopic (exact) mass is 441 g/mol. The van der Waals surface area contributed by atoms with Crippen molar-refractivity contribution in [3.05, 3.63) is 70.7 Å². The maximum absolute atomic E-state index is 13.6. The highest BCUT2D eigenvalue weighted by Crippen LogP contribution is 2.31. The van der Waals surface area contributed by atoms with Gasteiger partial charge in [0, 0.05) is 5.57 Å². The molecular formula is C19H20FNO4S3. The Morgan fingerprint density at radius 1 is 1.50 bits per heavy atom. The molecule has 1 aliphatic carbocycles. The molecule has 1 heterocycles. The van der Waals surface area contributed by atoms with Gasteiger partial charge in [-0.25, -0.2) is 8.60 Å². The van der Waals surface area contributed by atoms with Crippen LogP contribution in [0.4, 0.5) is 4.39 Å². The standard InChI is InChI=1S/C19H20FNO4S3/c1-13(10-17-18(22)21(12-28(23)24)19(26)27-17)6-5-7-14(2)25-11-15-8-3-4-9-16(15)20/h5-10H,2-4,11-12H2,1H3,(H,23,24)/b7-5-,13-6+,17-10-. The second-order valence-corrected chi connectivity index (χ2v) is 8.52. The molecule has 5 nitrogen and oxygen atoms in total. The van der Waals surface area contributed by atoms with Crippen molar-refractivity contribution in [3.8, 4) is 0 Å². The fraction of sp³-hybridized carbons (Fsp3) is 0.263. The molecule has 1 aliphatic heterocycles. The van der Waals surface area contributed by atoms with E-state index < -0.39 is 17.0 Å². The first-order chi connectivity index (χ1) is 13.3. The van der Waals surface area contributed by atoms with Crippen LogP contribution in [0.1, 0.15) is 19.8 Å². The second kappa shape index (κ2) is 10.7. The van der Waals surface area contributed by atoms with E-state index in [2.05, 4.69) is 6.58 Å². The van der Waals surface area contributed by atoms with Crippen molar-refractivity contribution in [2.24, 2.45) is 0 Å². The summed E-state index contributed by atoms with van der Waals surface area (Å²) in [4.78, 5) is 13.7. The Kier molecular flexibility index (Phi) is 8.56. The molecule has 2 rings (SSSR count). The van der Waals surface area contributed by atoms with Gasteiger partial charge in [0.2, 0.25) is 0 Å². The summed E-state index contributed by atoms with van der Waals surface area (Å²) in [6, 6.07) is 0. The largest absolute Gasteiger partial charge is 0.489 e. The fourth-order valence-electron chi connectivity index (χ4n) is 2.33. The van der Waals surface area contributed by atoms with Crippen molar-refractivity contribution in [1.82, 2.24) is 4.90 Å². The van der Waals surface area contributed by atoms with Crippen molar-refractivity contribution in [2.75, 3.05) is 12.5 Å². The van der Waals surface area contributed by atoms with Gasteiger partial charge in [0.25, 0.3) is 5.91 Å². The minimum Gasteiger partial charge on any atom is -0.489 e. The maximum Gasteiger partial charge on any atom is 0.267 e. The first kappa shape index (κ1) is 22.5. The Labute approximate surface area is 175 Å². The SMILES string of the molecule is C=C(\C=C/C=C(C)/C=C1\SC(=S)N(CS(=O)O)C1=O)OCC1=CCCC=C1F. The van der Waals surface area contributed by atoms with Gasteiger partial charge in [-0.1, -0.05) is 48.8 Å². The molecule has 0 saturated carbocycles. The zero-order valence-electron chi connectivity index (χ0n) is 15.2. The number of thiocarbonyl (C=S) groups is 1. The number of ether oxygens (including phenoxy) is 1. The number of rotatable bonds is 8. The van der Waals surface area contributed by atoms with Gasteiger partial charge in [-0.05, 0) is 43.6 Å². The number of hydrogen-bond acceptors (Lipinski definition) is 5. The second-order valence-electron chi connectivity index (χ2n) is 5.94. The van der Waals surface area contributed by atoms with E-state index in [1.165, 1.54) is 0 Å². The van der Waals surface area contributed by atoms with Crippen molar-refractivity contribution >= 4 is 45.3 Å². The van der Waals surface area contributed by atoms with Crippen LogP contribution in [0, 0.1) is 0 Å². The van der Waals surface area contributed by atoms with E-state index in [0.717, 1.165) is 28.7 Å². The van der Waals surface area contributed by atoms with Crippen LogP contribution >= 0.6 is 24.0 Å². The summed E-state index contributed by atoms with van der Waals surface area (Å²) in [5.41, 5.74) is 1.30. The van der Waals surface area contributed by atoms with Crippen molar-refractivity contribution in [1.29, 1.82) is 0 Å². The Morgan fingerprint density at radius 3 is 2.89 bits per heavy atom. The fourth-order valence-corrected chi connectivity index (χ4v) is 4.26. The van der Waals surface area contributed by atoms with Crippen molar-refractivity contribution in [3.63, 3.8) is 0 Å². The predicted molar refractivity (Wildman–Crippen MR) is 115 cm³/mol. The number of halogens is 1. The predicted octanol–water partition coefficient (Wildman–Crippen LogP) is 4.52. The Balaban J connectivity index is 1.90. The summed E-state index contributed by atoms with van der Waals surface area (Å²) in [6.07, 6.45) is 11.6. The van der Waals surface area contributed by atoms with Gasteiger partial charge in [0.05, 0.1) is 4.91 Å². The number of hydrogen-bond donors (Lipinski definition) is 1.